The summed E-state index contributed by atoms with van der Waals surface area (Å²) < 4.78 is 7.73. The van der Waals surface area contributed by atoms with E-state index in [1.54, 1.807) is 6.33 Å². The summed E-state index contributed by atoms with van der Waals surface area (Å²) in [5.74, 6) is 2.53. The molecule has 0 bridgehead atoms. The van der Waals surface area contributed by atoms with Crippen LogP contribution < -0.4 is 15.4 Å². The van der Waals surface area contributed by atoms with Gasteiger partial charge >= 0.3 is 0 Å². The van der Waals surface area contributed by atoms with E-state index < -0.39 is 0 Å². The zero-order chi connectivity index (χ0) is 18.1. The summed E-state index contributed by atoms with van der Waals surface area (Å²) in [6.45, 7) is 11.6. The van der Waals surface area contributed by atoms with Crippen LogP contribution in [0.4, 0.5) is 0 Å². The highest BCUT2D eigenvalue weighted by Gasteiger charge is 2.06. The predicted molar refractivity (Wildman–Crippen MR) is 115 cm³/mol. The zero-order valence-corrected chi connectivity index (χ0v) is 18.3. The van der Waals surface area contributed by atoms with Gasteiger partial charge in [0.25, 0.3) is 0 Å². The van der Waals surface area contributed by atoms with Gasteiger partial charge in [-0.3, -0.25) is 0 Å². The zero-order valence-electron chi connectivity index (χ0n) is 16.0. The molecule has 0 fully saturated rings. The van der Waals surface area contributed by atoms with Gasteiger partial charge in [0.1, 0.15) is 12.1 Å². The number of halogens is 1. The molecule has 0 aliphatic heterocycles. The van der Waals surface area contributed by atoms with Crippen LogP contribution in [0.1, 0.15) is 37.7 Å². The number of aryl methyl sites for hydroxylation is 2. The minimum Gasteiger partial charge on any atom is -0.494 e. The second-order valence-electron chi connectivity index (χ2n) is 5.63. The second kappa shape index (κ2) is 11.7. The minimum absolute atomic E-state index is 0. The lowest BCUT2D eigenvalue weighted by molar-refractivity contribution is 0.336. The van der Waals surface area contributed by atoms with E-state index in [1.165, 1.54) is 5.56 Å². The van der Waals surface area contributed by atoms with E-state index in [2.05, 4.69) is 57.9 Å². The molecule has 8 heteroatoms. The van der Waals surface area contributed by atoms with E-state index in [0.717, 1.165) is 36.2 Å². The Kier molecular flexibility index (Phi) is 10.0. The van der Waals surface area contributed by atoms with Crippen molar-refractivity contribution in [3.63, 3.8) is 0 Å². The van der Waals surface area contributed by atoms with Gasteiger partial charge in [0.15, 0.2) is 11.8 Å². The molecule has 1 aromatic carbocycles. The summed E-state index contributed by atoms with van der Waals surface area (Å²) in [5, 5.41) is 14.6. The normalized spacial score (nSPS) is 11.0. The van der Waals surface area contributed by atoms with E-state index in [0.29, 0.717) is 19.7 Å². The fourth-order valence-corrected chi connectivity index (χ4v) is 2.43. The first-order valence-electron chi connectivity index (χ1n) is 8.79. The molecule has 1 aromatic heterocycles. The Morgan fingerprint density at radius 2 is 2.04 bits per heavy atom. The molecule has 0 spiro atoms. The topological polar surface area (TPSA) is 76.4 Å². The Morgan fingerprint density at radius 3 is 2.73 bits per heavy atom. The number of rotatable bonds is 8. The lowest BCUT2D eigenvalue weighted by Crippen LogP contribution is -2.37. The molecule has 0 saturated heterocycles. The molecule has 2 aromatic rings. The third-order valence-electron chi connectivity index (χ3n) is 3.72. The Balaban J connectivity index is 0.00000338. The van der Waals surface area contributed by atoms with Gasteiger partial charge in [0.05, 0.1) is 19.7 Å². The third kappa shape index (κ3) is 6.47. The van der Waals surface area contributed by atoms with Gasteiger partial charge in [-0.25, -0.2) is 4.99 Å². The standard InChI is InChI=1S/C18H28N6O.HI/c1-5-19-18(21-12-17-23-22-13-24(17)6-2)20-11-15-9-8-14(4)10-16(15)25-7-3;/h8-10,13H,5-7,11-12H2,1-4H3,(H2,19,20,21);1H. The van der Waals surface area contributed by atoms with Gasteiger partial charge in [-0.2, -0.15) is 0 Å². The lowest BCUT2D eigenvalue weighted by Gasteiger charge is -2.13. The molecule has 1 heterocycles. The molecular formula is C18H29IN6O. The summed E-state index contributed by atoms with van der Waals surface area (Å²) in [4.78, 5) is 4.67. The van der Waals surface area contributed by atoms with Crippen LogP contribution in [0, 0.1) is 6.92 Å². The number of aromatic nitrogens is 3. The van der Waals surface area contributed by atoms with Gasteiger partial charge in [0.2, 0.25) is 0 Å². The SMILES string of the molecule is CCNC(=NCc1ccc(C)cc1OCC)NCc1nncn1CC.I. The van der Waals surface area contributed by atoms with E-state index in [4.69, 9.17) is 4.74 Å². The Bertz CT molecular complexity index is 701. The molecule has 0 aliphatic rings. The van der Waals surface area contributed by atoms with Gasteiger partial charge in [0, 0.05) is 18.7 Å². The molecule has 7 nitrogen and oxygen atoms in total. The smallest absolute Gasteiger partial charge is 0.191 e. The number of nitrogens with zero attached hydrogens (tertiary/aromatic N) is 4. The Hall–Kier alpha value is -1.84. The lowest BCUT2D eigenvalue weighted by atomic mass is 10.1. The van der Waals surface area contributed by atoms with E-state index >= 15 is 0 Å². The van der Waals surface area contributed by atoms with Crippen molar-refractivity contribution in [2.45, 2.75) is 47.3 Å². The quantitative estimate of drug-likeness (QED) is 0.351. The van der Waals surface area contributed by atoms with Gasteiger partial charge in [-0.05, 0) is 39.3 Å². The highest BCUT2D eigenvalue weighted by atomic mass is 127. The maximum Gasteiger partial charge on any atom is 0.191 e. The van der Waals surface area contributed by atoms with Crippen LogP contribution in [-0.4, -0.2) is 33.9 Å². The summed E-state index contributed by atoms with van der Waals surface area (Å²) in [7, 11) is 0. The summed E-state index contributed by atoms with van der Waals surface area (Å²) in [6.07, 6.45) is 1.74. The van der Waals surface area contributed by atoms with Crippen molar-refractivity contribution in [3.8, 4) is 5.75 Å². The number of hydrogen-bond acceptors (Lipinski definition) is 4. The van der Waals surface area contributed by atoms with Crippen molar-refractivity contribution in [2.75, 3.05) is 13.2 Å². The first-order valence-corrected chi connectivity index (χ1v) is 8.79. The molecule has 0 amide bonds. The molecule has 0 unspecified atom stereocenters. The van der Waals surface area contributed by atoms with E-state index in [-0.39, 0.29) is 24.0 Å². The van der Waals surface area contributed by atoms with Crippen LogP contribution in [0.25, 0.3) is 0 Å². The van der Waals surface area contributed by atoms with E-state index in [9.17, 15) is 0 Å². The number of ether oxygens (including phenoxy) is 1. The van der Waals surface area contributed by atoms with E-state index in [1.807, 2.05) is 18.4 Å². The van der Waals surface area contributed by atoms with Crippen LogP contribution in [0.2, 0.25) is 0 Å². The first-order chi connectivity index (χ1) is 12.2. The molecule has 144 valence electrons. The predicted octanol–water partition coefficient (Wildman–Crippen LogP) is 2.88. The third-order valence-corrected chi connectivity index (χ3v) is 3.72. The van der Waals surface area contributed by atoms with Crippen LogP contribution in [0.15, 0.2) is 29.5 Å². The van der Waals surface area contributed by atoms with Crippen molar-refractivity contribution in [1.82, 2.24) is 25.4 Å². The minimum atomic E-state index is 0. The molecule has 26 heavy (non-hydrogen) atoms. The van der Waals surface area contributed by atoms with Crippen molar-refractivity contribution in [1.29, 1.82) is 0 Å². The van der Waals surface area contributed by atoms with Crippen molar-refractivity contribution in [3.05, 3.63) is 41.5 Å². The summed E-state index contributed by atoms with van der Waals surface area (Å²) in [5.41, 5.74) is 2.25. The Labute approximate surface area is 172 Å². The Morgan fingerprint density at radius 1 is 1.23 bits per heavy atom. The molecule has 2 N–H and O–H groups in total. The highest BCUT2D eigenvalue weighted by molar-refractivity contribution is 14.0. The average molecular weight is 472 g/mol. The highest BCUT2D eigenvalue weighted by Crippen LogP contribution is 2.21. The molecule has 0 radical (unpaired) electrons. The largest absolute Gasteiger partial charge is 0.494 e. The van der Waals surface area contributed by atoms with Crippen molar-refractivity contribution in [2.24, 2.45) is 4.99 Å². The average Bonchev–Trinajstić information content (AvgIpc) is 3.06. The van der Waals surface area contributed by atoms with Crippen molar-refractivity contribution < 1.29 is 4.74 Å². The number of benzene rings is 1. The van der Waals surface area contributed by atoms with Crippen LogP contribution in [0.5, 0.6) is 5.75 Å². The molecule has 0 saturated carbocycles. The second-order valence-corrected chi connectivity index (χ2v) is 5.63. The summed E-state index contributed by atoms with van der Waals surface area (Å²) in [6, 6.07) is 6.21. The van der Waals surface area contributed by atoms with Crippen molar-refractivity contribution >= 4 is 29.9 Å². The molecule has 2 rings (SSSR count). The summed E-state index contributed by atoms with van der Waals surface area (Å²) >= 11 is 0. The number of guanidine groups is 1. The number of hydrogen-bond donors (Lipinski definition) is 2. The van der Waals surface area contributed by atoms with Crippen LogP contribution >= 0.6 is 24.0 Å². The maximum absolute atomic E-state index is 5.73. The number of nitrogens with one attached hydrogen (secondary N) is 2. The van der Waals surface area contributed by atoms with Crippen LogP contribution in [-0.2, 0) is 19.6 Å². The number of aliphatic imine (C=N–C) groups is 1. The molecular weight excluding hydrogens is 443 g/mol. The first kappa shape index (κ1) is 22.2. The maximum atomic E-state index is 5.73. The van der Waals surface area contributed by atoms with Crippen LogP contribution in [0.3, 0.4) is 0 Å². The van der Waals surface area contributed by atoms with Gasteiger partial charge in [-0.1, -0.05) is 12.1 Å². The molecule has 0 atom stereocenters. The monoisotopic (exact) mass is 472 g/mol. The van der Waals surface area contributed by atoms with Gasteiger partial charge in [-0.15, -0.1) is 34.2 Å². The van der Waals surface area contributed by atoms with Gasteiger partial charge < -0.3 is 19.9 Å². The molecule has 0 aliphatic carbocycles. The fraction of sp³-hybridized carbons (Fsp3) is 0.500. The fourth-order valence-electron chi connectivity index (χ4n) is 2.43.